The van der Waals surface area contributed by atoms with Gasteiger partial charge in [0.05, 0.1) is 13.2 Å². The molecule has 0 unspecified atom stereocenters. The number of benzene rings is 1. The predicted octanol–water partition coefficient (Wildman–Crippen LogP) is 3.16. The summed E-state index contributed by atoms with van der Waals surface area (Å²) >= 11 is 0. The van der Waals surface area contributed by atoms with E-state index in [1.165, 1.54) is 18.6 Å². The van der Waals surface area contributed by atoms with Crippen molar-refractivity contribution in [1.29, 1.82) is 0 Å². The molecule has 3 rings (SSSR count). The highest BCUT2D eigenvalue weighted by atomic mass is 19.1. The second-order valence-electron chi connectivity index (χ2n) is 5.94. The molecule has 1 heterocycles. The fourth-order valence-electron chi connectivity index (χ4n) is 2.87. The maximum atomic E-state index is 13.1. The van der Waals surface area contributed by atoms with E-state index in [-0.39, 0.29) is 5.82 Å². The van der Waals surface area contributed by atoms with Crippen LogP contribution >= 0.6 is 0 Å². The fraction of sp³-hybridized carbons (Fsp3) is 0.444. The molecule has 0 saturated heterocycles. The van der Waals surface area contributed by atoms with Gasteiger partial charge in [0.1, 0.15) is 11.6 Å². The summed E-state index contributed by atoms with van der Waals surface area (Å²) in [6.07, 6.45) is 8.44. The van der Waals surface area contributed by atoms with Crippen LogP contribution in [0.5, 0.6) is 0 Å². The lowest BCUT2D eigenvalue weighted by Crippen LogP contribution is -2.10. The Morgan fingerprint density at radius 3 is 2.83 bits per heavy atom. The van der Waals surface area contributed by atoms with Crippen LogP contribution in [0, 0.1) is 11.7 Å². The number of allylic oxidation sites excluding steroid dienone is 2. The molecule has 1 atom stereocenters. The van der Waals surface area contributed by atoms with E-state index in [4.69, 9.17) is 4.74 Å². The molecule has 0 fully saturated rings. The van der Waals surface area contributed by atoms with Crippen molar-refractivity contribution in [2.45, 2.75) is 32.2 Å². The molecule has 23 heavy (non-hydrogen) atoms. The molecule has 2 aromatic rings. The average Bonchev–Trinajstić information content (AvgIpc) is 3.18. The van der Waals surface area contributed by atoms with E-state index in [0.717, 1.165) is 30.1 Å². The third-order valence-corrected chi connectivity index (χ3v) is 4.12. The zero-order valence-corrected chi connectivity index (χ0v) is 13.4. The molecule has 0 bridgehead atoms. The minimum atomic E-state index is -0.218. The van der Waals surface area contributed by atoms with Gasteiger partial charge in [-0.05, 0) is 36.5 Å². The van der Waals surface area contributed by atoms with Crippen LogP contribution in [0.1, 0.15) is 30.1 Å². The number of methoxy groups -OCH3 is 1. The van der Waals surface area contributed by atoms with Crippen LogP contribution in [0.25, 0.3) is 0 Å². The summed E-state index contributed by atoms with van der Waals surface area (Å²) in [6.45, 7) is 1.23. The number of halogens is 1. The molecular weight excluding hydrogens is 293 g/mol. The number of hydrogen-bond acceptors (Lipinski definition) is 3. The topological polar surface area (TPSA) is 39.9 Å². The molecule has 0 saturated carbocycles. The molecule has 0 radical (unpaired) electrons. The van der Waals surface area contributed by atoms with Gasteiger partial charge in [0.25, 0.3) is 0 Å². The lowest BCUT2D eigenvalue weighted by atomic mass is 10.1. The van der Waals surface area contributed by atoms with Gasteiger partial charge in [0, 0.05) is 20.0 Å². The van der Waals surface area contributed by atoms with Crippen LogP contribution in [0.4, 0.5) is 4.39 Å². The normalized spacial score (nSPS) is 17.0. The SMILES string of the molecule is COCCc1nc(C[C@@H]2C=CCC2)n(Cc2ccc(F)cc2)n1. The summed E-state index contributed by atoms with van der Waals surface area (Å²) in [4.78, 5) is 4.69. The summed E-state index contributed by atoms with van der Waals surface area (Å²) in [5, 5.41) is 4.62. The molecule has 1 aliphatic carbocycles. The first-order valence-corrected chi connectivity index (χ1v) is 8.07. The molecule has 1 aromatic carbocycles. The molecule has 1 aromatic heterocycles. The Morgan fingerprint density at radius 1 is 1.30 bits per heavy atom. The van der Waals surface area contributed by atoms with Crippen LogP contribution in [-0.2, 0) is 24.1 Å². The van der Waals surface area contributed by atoms with Gasteiger partial charge in [-0.3, -0.25) is 0 Å². The Kier molecular flexibility index (Phi) is 5.18. The van der Waals surface area contributed by atoms with Crippen LogP contribution in [0.2, 0.25) is 0 Å². The van der Waals surface area contributed by atoms with Crippen LogP contribution in [-0.4, -0.2) is 28.5 Å². The van der Waals surface area contributed by atoms with Crippen LogP contribution in [0.3, 0.4) is 0 Å². The van der Waals surface area contributed by atoms with Crippen molar-refractivity contribution in [3.05, 3.63) is 59.4 Å². The first kappa shape index (κ1) is 15.9. The van der Waals surface area contributed by atoms with Crippen molar-refractivity contribution in [3.63, 3.8) is 0 Å². The lowest BCUT2D eigenvalue weighted by Gasteiger charge is -2.09. The van der Waals surface area contributed by atoms with E-state index in [1.54, 1.807) is 19.2 Å². The predicted molar refractivity (Wildman–Crippen MR) is 86.7 cm³/mol. The number of ether oxygens (including phenoxy) is 1. The lowest BCUT2D eigenvalue weighted by molar-refractivity contribution is 0.200. The first-order chi connectivity index (χ1) is 11.2. The summed E-state index contributed by atoms with van der Waals surface area (Å²) < 4.78 is 20.1. The van der Waals surface area contributed by atoms with E-state index >= 15 is 0 Å². The zero-order chi connectivity index (χ0) is 16.1. The molecule has 1 aliphatic rings. The van der Waals surface area contributed by atoms with Gasteiger partial charge in [-0.15, -0.1) is 0 Å². The van der Waals surface area contributed by atoms with Crippen molar-refractivity contribution in [3.8, 4) is 0 Å². The van der Waals surface area contributed by atoms with E-state index in [2.05, 4.69) is 22.2 Å². The number of hydrogen-bond donors (Lipinski definition) is 0. The quantitative estimate of drug-likeness (QED) is 0.737. The van der Waals surface area contributed by atoms with Crippen molar-refractivity contribution in [2.24, 2.45) is 5.92 Å². The minimum Gasteiger partial charge on any atom is -0.384 e. The second kappa shape index (κ2) is 7.51. The van der Waals surface area contributed by atoms with Crippen LogP contribution < -0.4 is 0 Å². The minimum absolute atomic E-state index is 0.218. The van der Waals surface area contributed by atoms with Gasteiger partial charge in [0.15, 0.2) is 5.82 Å². The Hall–Kier alpha value is -2.01. The van der Waals surface area contributed by atoms with Gasteiger partial charge in [0.2, 0.25) is 0 Å². The van der Waals surface area contributed by atoms with E-state index in [0.29, 0.717) is 25.5 Å². The van der Waals surface area contributed by atoms with E-state index < -0.39 is 0 Å². The third kappa shape index (κ3) is 4.26. The second-order valence-corrected chi connectivity index (χ2v) is 5.94. The molecule has 5 heteroatoms. The van der Waals surface area contributed by atoms with Gasteiger partial charge in [-0.1, -0.05) is 24.3 Å². The van der Waals surface area contributed by atoms with Gasteiger partial charge < -0.3 is 4.74 Å². The first-order valence-electron chi connectivity index (χ1n) is 8.07. The molecule has 0 N–H and O–H groups in total. The highest BCUT2D eigenvalue weighted by Crippen LogP contribution is 2.21. The molecular formula is C18H22FN3O. The van der Waals surface area contributed by atoms with Crippen LogP contribution in [0.15, 0.2) is 36.4 Å². The van der Waals surface area contributed by atoms with Gasteiger partial charge in [-0.2, -0.15) is 5.10 Å². The molecule has 0 amide bonds. The van der Waals surface area contributed by atoms with Gasteiger partial charge in [-0.25, -0.2) is 14.1 Å². The van der Waals surface area contributed by atoms with E-state index in [9.17, 15) is 4.39 Å². The Bertz CT molecular complexity index is 663. The standard InChI is InChI=1S/C18H22FN3O/c1-23-11-10-17-20-18(12-14-4-2-3-5-14)22(21-17)13-15-6-8-16(19)9-7-15/h2,4,6-9,14H,3,5,10-13H2,1H3/t14-/m1/s1. The smallest absolute Gasteiger partial charge is 0.153 e. The average molecular weight is 315 g/mol. The highest BCUT2D eigenvalue weighted by molar-refractivity contribution is 5.17. The number of nitrogens with zero attached hydrogens (tertiary/aromatic N) is 3. The molecule has 0 aliphatic heterocycles. The maximum Gasteiger partial charge on any atom is 0.153 e. The van der Waals surface area contributed by atoms with Crippen molar-refractivity contribution >= 4 is 0 Å². The maximum absolute atomic E-state index is 13.1. The van der Waals surface area contributed by atoms with E-state index in [1.807, 2.05) is 4.68 Å². The van der Waals surface area contributed by atoms with Crippen molar-refractivity contribution in [1.82, 2.24) is 14.8 Å². The fourth-order valence-corrected chi connectivity index (χ4v) is 2.87. The largest absolute Gasteiger partial charge is 0.384 e. The summed E-state index contributed by atoms with van der Waals surface area (Å²) in [7, 11) is 1.68. The monoisotopic (exact) mass is 315 g/mol. The highest BCUT2D eigenvalue weighted by Gasteiger charge is 2.16. The number of aromatic nitrogens is 3. The van der Waals surface area contributed by atoms with Gasteiger partial charge >= 0.3 is 0 Å². The molecule has 122 valence electrons. The zero-order valence-electron chi connectivity index (χ0n) is 13.4. The Morgan fingerprint density at radius 2 is 2.13 bits per heavy atom. The Labute approximate surface area is 136 Å². The van der Waals surface area contributed by atoms with Crippen molar-refractivity contribution < 1.29 is 9.13 Å². The summed E-state index contributed by atoms with van der Waals surface area (Å²) in [5.74, 6) is 2.13. The van der Waals surface area contributed by atoms with Crippen molar-refractivity contribution in [2.75, 3.05) is 13.7 Å². The summed E-state index contributed by atoms with van der Waals surface area (Å²) in [6, 6.07) is 6.56. The molecule has 0 spiro atoms. The summed E-state index contributed by atoms with van der Waals surface area (Å²) in [5.41, 5.74) is 1.03. The Balaban J connectivity index is 1.78. The number of rotatable bonds is 7. The third-order valence-electron chi connectivity index (χ3n) is 4.12. The molecule has 4 nitrogen and oxygen atoms in total.